The summed E-state index contributed by atoms with van der Waals surface area (Å²) in [5, 5.41) is 0. The van der Waals surface area contributed by atoms with Crippen molar-refractivity contribution in [1.82, 2.24) is 0 Å². The largest absolute Gasteiger partial charge is 0.508 e. The van der Waals surface area contributed by atoms with Gasteiger partial charge in [0.2, 0.25) is 0 Å². The average Bonchev–Trinajstić information content (AvgIpc) is 2.87. The van der Waals surface area contributed by atoms with Crippen molar-refractivity contribution in [3.63, 3.8) is 0 Å². The minimum absolute atomic E-state index is 0.00554. The molecule has 3 aromatic rings. The maximum atomic E-state index is 12.4. The van der Waals surface area contributed by atoms with Crippen LogP contribution in [0.4, 0.5) is 4.79 Å². The molecule has 0 heterocycles. The number of carbonyl (C=O) groups excluding carboxylic acids is 3. The number of esters is 2. The second kappa shape index (κ2) is 14.4. The molecule has 3 aromatic carbocycles. The third-order valence-corrected chi connectivity index (χ3v) is 5.93. The molecule has 0 fully saturated rings. The molecule has 0 aliphatic carbocycles. The highest BCUT2D eigenvalue weighted by Crippen LogP contribution is 2.15. The fourth-order valence-electron chi connectivity index (χ4n) is 3.02. The van der Waals surface area contributed by atoms with E-state index in [9.17, 15) is 14.4 Å². The van der Waals surface area contributed by atoms with Crippen LogP contribution in [-0.4, -0.2) is 24.2 Å². The SMILES string of the molecule is O=C(CC(CC(=O)OCc1ccc(Br)cc1)OC(=O)OCc1ccccc1)OCc1ccc(Br)cc1. The molecule has 36 heavy (non-hydrogen) atoms. The highest BCUT2D eigenvalue weighted by Gasteiger charge is 2.24. The third kappa shape index (κ3) is 10.2. The van der Waals surface area contributed by atoms with Crippen molar-refractivity contribution in [2.75, 3.05) is 0 Å². The third-order valence-electron chi connectivity index (χ3n) is 4.88. The zero-order valence-electron chi connectivity index (χ0n) is 19.2. The van der Waals surface area contributed by atoms with Crippen LogP contribution in [0.15, 0.2) is 87.8 Å². The van der Waals surface area contributed by atoms with Crippen LogP contribution in [0.3, 0.4) is 0 Å². The molecule has 0 aliphatic rings. The number of halogens is 2. The first-order chi connectivity index (χ1) is 17.4. The van der Waals surface area contributed by atoms with Gasteiger partial charge in [0.05, 0.1) is 12.8 Å². The van der Waals surface area contributed by atoms with Gasteiger partial charge in [-0.2, -0.15) is 0 Å². The monoisotopic (exact) mass is 618 g/mol. The first kappa shape index (κ1) is 27.4. The Morgan fingerprint density at radius 2 is 1.00 bits per heavy atom. The first-order valence-electron chi connectivity index (χ1n) is 11.0. The highest BCUT2D eigenvalue weighted by molar-refractivity contribution is 9.10. The van der Waals surface area contributed by atoms with Crippen molar-refractivity contribution in [3.8, 4) is 0 Å². The molecule has 0 aromatic heterocycles. The van der Waals surface area contributed by atoms with E-state index >= 15 is 0 Å². The van der Waals surface area contributed by atoms with Crippen molar-refractivity contribution in [3.05, 3.63) is 104 Å². The molecule has 0 saturated heterocycles. The normalized spacial score (nSPS) is 10.5. The zero-order valence-corrected chi connectivity index (χ0v) is 22.4. The van der Waals surface area contributed by atoms with Crippen LogP contribution in [-0.2, 0) is 48.4 Å². The summed E-state index contributed by atoms with van der Waals surface area (Å²) < 4.78 is 22.8. The van der Waals surface area contributed by atoms with Gasteiger partial charge in [-0.3, -0.25) is 9.59 Å². The van der Waals surface area contributed by atoms with Crippen LogP contribution in [0.2, 0.25) is 0 Å². The highest BCUT2D eigenvalue weighted by atomic mass is 79.9. The van der Waals surface area contributed by atoms with Gasteiger partial charge in [-0.25, -0.2) is 4.79 Å². The Kier molecular flexibility index (Phi) is 11.0. The van der Waals surface area contributed by atoms with Gasteiger partial charge in [0.25, 0.3) is 0 Å². The maximum Gasteiger partial charge on any atom is 0.508 e. The van der Waals surface area contributed by atoms with Gasteiger partial charge >= 0.3 is 18.1 Å². The van der Waals surface area contributed by atoms with Crippen LogP contribution in [0, 0.1) is 0 Å². The van der Waals surface area contributed by atoms with Gasteiger partial charge in [0.1, 0.15) is 25.9 Å². The molecule has 188 valence electrons. The van der Waals surface area contributed by atoms with Gasteiger partial charge < -0.3 is 18.9 Å². The molecule has 0 radical (unpaired) electrons. The molecule has 0 aliphatic heterocycles. The molecule has 0 amide bonds. The molecule has 9 heteroatoms. The standard InChI is InChI=1S/C27H24Br2O7/c28-22-10-6-20(7-11-22)16-33-25(30)14-24(36-27(32)35-18-19-4-2-1-3-5-19)15-26(31)34-17-21-8-12-23(29)13-9-21/h1-13,24H,14-18H2. The Labute approximate surface area is 226 Å². The van der Waals surface area contributed by atoms with E-state index in [1.165, 1.54) is 0 Å². The van der Waals surface area contributed by atoms with E-state index in [1.807, 2.05) is 66.7 Å². The predicted octanol–water partition coefficient (Wildman–Crippen LogP) is 6.50. The minimum atomic E-state index is -1.11. The number of hydrogen-bond donors (Lipinski definition) is 0. The van der Waals surface area contributed by atoms with E-state index < -0.39 is 24.2 Å². The summed E-state index contributed by atoms with van der Waals surface area (Å²) in [7, 11) is 0. The van der Waals surface area contributed by atoms with E-state index in [0.717, 1.165) is 25.6 Å². The summed E-state index contributed by atoms with van der Waals surface area (Å²) in [4.78, 5) is 37.1. The lowest BCUT2D eigenvalue weighted by molar-refractivity contribution is -0.151. The van der Waals surface area contributed by atoms with Gasteiger partial charge in [0.15, 0.2) is 0 Å². The van der Waals surface area contributed by atoms with Crippen LogP contribution >= 0.6 is 31.9 Å². The van der Waals surface area contributed by atoms with Crippen molar-refractivity contribution < 1.29 is 33.3 Å². The molecular formula is C27H24Br2O7. The minimum Gasteiger partial charge on any atom is -0.461 e. The second-order valence-electron chi connectivity index (χ2n) is 7.75. The van der Waals surface area contributed by atoms with Crippen LogP contribution in [0.1, 0.15) is 29.5 Å². The van der Waals surface area contributed by atoms with Crippen molar-refractivity contribution in [1.29, 1.82) is 0 Å². The van der Waals surface area contributed by atoms with Gasteiger partial charge in [-0.05, 0) is 41.0 Å². The summed E-state index contributed by atoms with van der Waals surface area (Å²) in [6.45, 7) is 0.0883. The second-order valence-corrected chi connectivity index (χ2v) is 9.58. The fourth-order valence-corrected chi connectivity index (χ4v) is 3.55. The molecule has 0 saturated carbocycles. The summed E-state index contributed by atoms with van der Waals surface area (Å²) >= 11 is 6.70. The Balaban J connectivity index is 1.54. The molecule has 7 nitrogen and oxygen atoms in total. The van der Waals surface area contributed by atoms with Gasteiger partial charge in [-0.15, -0.1) is 0 Å². The van der Waals surface area contributed by atoms with E-state index in [2.05, 4.69) is 31.9 Å². The van der Waals surface area contributed by atoms with Crippen molar-refractivity contribution in [2.24, 2.45) is 0 Å². The van der Waals surface area contributed by atoms with E-state index in [1.54, 1.807) is 12.1 Å². The van der Waals surface area contributed by atoms with Crippen molar-refractivity contribution >= 4 is 50.0 Å². The van der Waals surface area contributed by atoms with E-state index in [4.69, 9.17) is 18.9 Å². The first-order valence-corrected chi connectivity index (χ1v) is 12.6. The Morgan fingerprint density at radius 1 is 0.583 bits per heavy atom. The fraction of sp³-hybridized carbons (Fsp3) is 0.222. The Bertz CT molecular complexity index is 1070. The average molecular weight is 620 g/mol. The van der Waals surface area contributed by atoms with Gasteiger partial charge in [0, 0.05) is 8.95 Å². The molecule has 0 unspecified atom stereocenters. The van der Waals surface area contributed by atoms with Crippen LogP contribution in [0.25, 0.3) is 0 Å². The van der Waals surface area contributed by atoms with Crippen LogP contribution in [0.5, 0.6) is 0 Å². The smallest absolute Gasteiger partial charge is 0.461 e. The quantitative estimate of drug-likeness (QED) is 0.179. The lowest BCUT2D eigenvalue weighted by Gasteiger charge is -2.17. The molecule has 0 bridgehead atoms. The molecule has 0 spiro atoms. The number of ether oxygens (including phenoxy) is 4. The van der Waals surface area contributed by atoms with E-state index in [-0.39, 0.29) is 32.7 Å². The number of benzene rings is 3. The lowest BCUT2D eigenvalue weighted by Crippen LogP contribution is -2.26. The molecule has 0 atom stereocenters. The van der Waals surface area contributed by atoms with E-state index in [0.29, 0.717) is 0 Å². The number of rotatable bonds is 11. The topological polar surface area (TPSA) is 88.1 Å². The van der Waals surface area contributed by atoms with Crippen LogP contribution < -0.4 is 0 Å². The van der Waals surface area contributed by atoms with Gasteiger partial charge in [-0.1, -0.05) is 86.5 Å². The Morgan fingerprint density at radius 3 is 1.47 bits per heavy atom. The van der Waals surface area contributed by atoms with Crippen molar-refractivity contribution in [2.45, 2.75) is 38.8 Å². The number of carbonyl (C=O) groups is 3. The lowest BCUT2D eigenvalue weighted by atomic mass is 10.2. The number of hydrogen-bond acceptors (Lipinski definition) is 7. The zero-order chi connectivity index (χ0) is 25.8. The predicted molar refractivity (Wildman–Crippen MR) is 139 cm³/mol. The summed E-state index contributed by atoms with van der Waals surface area (Å²) in [6.07, 6.45) is -2.76. The molecule has 3 rings (SSSR count). The molecular weight excluding hydrogens is 596 g/mol. The summed E-state index contributed by atoms with van der Waals surface area (Å²) in [5.74, 6) is -1.25. The maximum absolute atomic E-state index is 12.4. The Hall–Kier alpha value is -3.17. The summed E-state index contributed by atoms with van der Waals surface area (Å²) in [5.41, 5.74) is 2.36. The molecule has 0 N–H and O–H groups in total. The summed E-state index contributed by atoms with van der Waals surface area (Å²) in [6, 6.07) is 23.6.